The van der Waals surface area contributed by atoms with Crippen molar-refractivity contribution in [1.29, 1.82) is 0 Å². The Kier molecular flexibility index (Phi) is 3.19. The van der Waals surface area contributed by atoms with Crippen LogP contribution in [0.3, 0.4) is 0 Å². The van der Waals surface area contributed by atoms with Crippen LogP contribution in [0.15, 0.2) is 22.7 Å². The van der Waals surface area contributed by atoms with E-state index in [1.807, 2.05) is 12.1 Å². The lowest BCUT2D eigenvalue weighted by Gasteiger charge is -2.09. The second kappa shape index (κ2) is 4.44. The Hall–Kier alpha value is -0.700. The highest BCUT2D eigenvalue weighted by atomic mass is 79.9. The molecule has 1 aromatic rings. The monoisotopic (exact) mass is 268 g/mol. The van der Waals surface area contributed by atoms with Gasteiger partial charge in [0.1, 0.15) is 0 Å². The van der Waals surface area contributed by atoms with Crippen molar-refractivity contribution in [3.63, 3.8) is 0 Å². The zero-order chi connectivity index (χ0) is 10.8. The summed E-state index contributed by atoms with van der Waals surface area (Å²) in [5.74, 6) is 0.855. The van der Waals surface area contributed by atoms with Crippen molar-refractivity contribution >= 4 is 27.3 Å². The van der Waals surface area contributed by atoms with Gasteiger partial charge in [-0.2, -0.15) is 0 Å². The van der Waals surface area contributed by atoms with Gasteiger partial charge in [0.15, 0.2) is 0 Å². The van der Waals surface area contributed by atoms with Crippen LogP contribution in [0.25, 0.3) is 0 Å². The number of benzene rings is 1. The molecule has 1 fully saturated rings. The van der Waals surface area contributed by atoms with Crippen LogP contribution >= 0.6 is 15.9 Å². The first kappa shape index (κ1) is 10.8. The Morgan fingerprint density at radius 3 is 3.07 bits per heavy atom. The molecule has 2 atom stereocenters. The minimum absolute atomic E-state index is 0.640. The summed E-state index contributed by atoms with van der Waals surface area (Å²) < 4.78 is 1.08. The molecule has 0 saturated heterocycles. The third-order valence-corrected chi connectivity index (χ3v) is 3.43. The predicted octanol–water partition coefficient (Wildman–Crippen LogP) is 3.63. The van der Waals surface area contributed by atoms with Crippen LogP contribution in [0.2, 0.25) is 0 Å². The van der Waals surface area contributed by atoms with Gasteiger partial charge in [-0.05, 0) is 37.0 Å². The second-order valence-electron chi connectivity index (χ2n) is 4.27. The topological polar surface area (TPSA) is 38.0 Å². The number of rotatable bonds is 4. The largest absolute Gasteiger partial charge is 0.397 e. The predicted molar refractivity (Wildman–Crippen MR) is 69.0 cm³/mol. The maximum atomic E-state index is 5.90. The number of nitrogen functional groups attached to an aromatic ring is 1. The summed E-state index contributed by atoms with van der Waals surface area (Å²) in [6.07, 6.45) is 3.89. The summed E-state index contributed by atoms with van der Waals surface area (Å²) >= 11 is 3.46. The van der Waals surface area contributed by atoms with Gasteiger partial charge in [-0.25, -0.2) is 0 Å². The molecule has 0 spiro atoms. The lowest BCUT2D eigenvalue weighted by atomic mass is 10.2. The first-order chi connectivity index (χ1) is 7.20. The number of anilines is 2. The zero-order valence-corrected chi connectivity index (χ0v) is 10.5. The molecule has 2 nitrogen and oxygen atoms in total. The van der Waals surface area contributed by atoms with E-state index in [9.17, 15) is 0 Å². The summed E-state index contributed by atoms with van der Waals surface area (Å²) in [6, 6.07) is 6.60. The van der Waals surface area contributed by atoms with Crippen LogP contribution < -0.4 is 11.1 Å². The van der Waals surface area contributed by atoms with Gasteiger partial charge in [0.2, 0.25) is 0 Å². The maximum absolute atomic E-state index is 5.90. The minimum Gasteiger partial charge on any atom is -0.397 e. The number of hydrogen-bond acceptors (Lipinski definition) is 2. The van der Waals surface area contributed by atoms with Gasteiger partial charge in [0.25, 0.3) is 0 Å². The van der Waals surface area contributed by atoms with E-state index in [2.05, 4.69) is 34.2 Å². The summed E-state index contributed by atoms with van der Waals surface area (Å²) in [4.78, 5) is 0. The highest BCUT2D eigenvalue weighted by Crippen LogP contribution is 2.38. The first-order valence-electron chi connectivity index (χ1n) is 5.52. The fourth-order valence-corrected chi connectivity index (χ4v) is 2.33. The summed E-state index contributed by atoms with van der Waals surface area (Å²) in [5, 5.41) is 3.50. The van der Waals surface area contributed by atoms with Crippen LogP contribution in [-0.4, -0.2) is 6.04 Å². The molecule has 0 aromatic heterocycles. The molecule has 2 rings (SSSR count). The normalized spacial score (nSPS) is 23.9. The molecule has 1 aliphatic rings. The number of nitrogens with one attached hydrogen (secondary N) is 1. The first-order valence-corrected chi connectivity index (χ1v) is 6.31. The smallest absolute Gasteiger partial charge is 0.0587 e. The highest BCUT2D eigenvalue weighted by Gasteiger charge is 2.36. The Bertz CT molecular complexity index is 351. The van der Waals surface area contributed by atoms with Crippen molar-refractivity contribution in [2.24, 2.45) is 5.92 Å². The molecule has 15 heavy (non-hydrogen) atoms. The van der Waals surface area contributed by atoms with E-state index in [1.54, 1.807) is 0 Å². The molecule has 3 heteroatoms. The quantitative estimate of drug-likeness (QED) is 0.819. The van der Waals surface area contributed by atoms with E-state index >= 15 is 0 Å². The lowest BCUT2D eigenvalue weighted by molar-refractivity contribution is 0.693. The van der Waals surface area contributed by atoms with Crippen LogP contribution in [0, 0.1) is 5.92 Å². The molecule has 0 bridgehead atoms. The van der Waals surface area contributed by atoms with Crippen molar-refractivity contribution in [1.82, 2.24) is 0 Å². The Balaban J connectivity index is 1.97. The van der Waals surface area contributed by atoms with Crippen LogP contribution in [0.4, 0.5) is 11.4 Å². The Morgan fingerprint density at radius 2 is 2.33 bits per heavy atom. The second-order valence-corrected chi connectivity index (χ2v) is 5.18. The van der Waals surface area contributed by atoms with E-state index in [4.69, 9.17) is 5.73 Å². The van der Waals surface area contributed by atoms with Crippen molar-refractivity contribution in [2.45, 2.75) is 32.2 Å². The van der Waals surface area contributed by atoms with Crippen LogP contribution in [0.5, 0.6) is 0 Å². The summed E-state index contributed by atoms with van der Waals surface area (Å²) in [5.41, 5.74) is 7.80. The Labute approximate surface area is 99.4 Å². The van der Waals surface area contributed by atoms with Crippen LogP contribution in [0.1, 0.15) is 26.2 Å². The third kappa shape index (κ3) is 2.65. The van der Waals surface area contributed by atoms with E-state index in [0.717, 1.165) is 21.8 Å². The van der Waals surface area contributed by atoms with E-state index in [1.165, 1.54) is 19.3 Å². The van der Waals surface area contributed by atoms with Gasteiger partial charge in [-0.1, -0.05) is 29.3 Å². The van der Waals surface area contributed by atoms with E-state index < -0.39 is 0 Å². The van der Waals surface area contributed by atoms with Gasteiger partial charge in [-0.15, -0.1) is 0 Å². The fourth-order valence-electron chi connectivity index (χ4n) is 1.97. The lowest BCUT2D eigenvalue weighted by Crippen LogP contribution is -2.06. The van der Waals surface area contributed by atoms with Gasteiger partial charge in [0, 0.05) is 10.5 Å². The molecule has 1 aromatic carbocycles. The maximum Gasteiger partial charge on any atom is 0.0587 e. The van der Waals surface area contributed by atoms with Crippen molar-refractivity contribution in [3.05, 3.63) is 22.7 Å². The SMILES string of the molecule is CCCC1CC1Nc1cc(Br)ccc1N. The molecule has 82 valence electrons. The molecule has 0 amide bonds. The molecule has 0 heterocycles. The summed E-state index contributed by atoms with van der Waals surface area (Å²) in [6.45, 7) is 2.24. The van der Waals surface area contributed by atoms with Crippen LogP contribution in [-0.2, 0) is 0 Å². The molecular formula is C12H17BrN2. The Morgan fingerprint density at radius 1 is 1.53 bits per heavy atom. The standard InChI is InChI=1S/C12H17BrN2/c1-2-3-8-6-11(8)15-12-7-9(13)4-5-10(12)14/h4-5,7-8,11,15H,2-3,6,14H2,1H3. The van der Waals surface area contributed by atoms with E-state index in [-0.39, 0.29) is 0 Å². The minimum atomic E-state index is 0.640. The molecule has 3 N–H and O–H groups in total. The third-order valence-electron chi connectivity index (χ3n) is 2.94. The molecule has 0 radical (unpaired) electrons. The molecule has 0 aliphatic heterocycles. The number of halogens is 1. The average molecular weight is 269 g/mol. The summed E-state index contributed by atoms with van der Waals surface area (Å²) in [7, 11) is 0. The van der Waals surface area contributed by atoms with Gasteiger partial charge < -0.3 is 11.1 Å². The fraction of sp³-hybridized carbons (Fsp3) is 0.500. The number of hydrogen-bond donors (Lipinski definition) is 2. The van der Waals surface area contributed by atoms with Crippen molar-refractivity contribution in [2.75, 3.05) is 11.1 Å². The molecule has 1 saturated carbocycles. The number of nitrogens with two attached hydrogens (primary N) is 1. The molecule has 2 unspecified atom stereocenters. The molecule has 1 aliphatic carbocycles. The van der Waals surface area contributed by atoms with Crippen molar-refractivity contribution < 1.29 is 0 Å². The van der Waals surface area contributed by atoms with Crippen molar-refractivity contribution in [3.8, 4) is 0 Å². The average Bonchev–Trinajstić information content (AvgIpc) is 2.91. The van der Waals surface area contributed by atoms with Gasteiger partial charge >= 0.3 is 0 Å². The van der Waals surface area contributed by atoms with Gasteiger partial charge in [-0.3, -0.25) is 0 Å². The van der Waals surface area contributed by atoms with Gasteiger partial charge in [0.05, 0.1) is 11.4 Å². The van der Waals surface area contributed by atoms with E-state index in [0.29, 0.717) is 6.04 Å². The molecular weight excluding hydrogens is 252 g/mol. The highest BCUT2D eigenvalue weighted by molar-refractivity contribution is 9.10. The zero-order valence-electron chi connectivity index (χ0n) is 8.96.